The van der Waals surface area contributed by atoms with Gasteiger partial charge in [0, 0.05) is 0 Å². The summed E-state index contributed by atoms with van der Waals surface area (Å²) in [7, 11) is 2.84. The number of methoxy groups -OCH3 is 2. The van der Waals surface area contributed by atoms with Crippen molar-refractivity contribution in [3.05, 3.63) is 24.2 Å². The van der Waals surface area contributed by atoms with Crippen molar-refractivity contribution in [2.24, 2.45) is 0 Å². The Balaban J connectivity index is 2.68. The van der Waals surface area contributed by atoms with Crippen molar-refractivity contribution in [1.29, 1.82) is 0 Å². The van der Waals surface area contributed by atoms with Gasteiger partial charge in [-0.2, -0.15) is 5.10 Å². The fraction of sp³-hybridized carbons (Fsp3) is 0.222. The molecular formula is C9H9N3O3. The SMILES string of the molecule is COC(=O)c1ccc(OC)c2ncnn12. The van der Waals surface area contributed by atoms with Crippen LogP contribution in [-0.2, 0) is 4.74 Å². The maximum atomic E-state index is 11.4. The van der Waals surface area contributed by atoms with Crippen LogP contribution in [0, 0.1) is 0 Å². The standard InChI is InChI=1S/C9H9N3O3/c1-14-7-4-3-6(9(13)15-2)12-8(7)10-5-11-12/h3-5H,1-2H3. The molecule has 0 aromatic carbocycles. The summed E-state index contributed by atoms with van der Waals surface area (Å²) in [6.07, 6.45) is 1.35. The Morgan fingerprint density at radius 3 is 2.87 bits per heavy atom. The van der Waals surface area contributed by atoms with Gasteiger partial charge in [-0.3, -0.25) is 0 Å². The highest BCUT2D eigenvalue weighted by Crippen LogP contribution is 2.18. The smallest absolute Gasteiger partial charge is 0.356 e. The van der Waals surface area contributed by atoms with Crippen LogP contribution in [-0.4, -0.2) is 34.8 Å². The van der Waals surface area contributed by atoms with Crippen LogP contribution in [0.3, 0.4) is 0 Å². The highest BCUT2D eigenvalue weighted by molar-refractivity contribution is 5.88. The molecule has 0 saturated carbocycles. The van der Waals surface area contributed by atoms with Crippen LogP contribution < -0.4 is 4.74 Å². The second-order valence-corrected chi connectivity index (χ2v) is 2.77. The number of ether oxygens (including phenoxy) is 2. The van der Waals surface area contributed by atoms with Crippen LogP contribution in [0.15, 0.2) is 18.5 Å². The van der Waals surface area contributed by atoms with Gasteiger partial charge in [0.2, 0.25) is 0 Å². The summed E-state index contributed by atoms with van der Waals surface area (Å²) in [6.45, 7) is 0. The summed E-state index contributed by atoms with van der Waals surface area (Å²) in [6, 6.07) is 3.22. The summed E-state index contributed by atoms with van der Waals surface area (Å²) in [5.74, 6) is 0.0910. The third-order valence-electron chi connectivity index (χ3n) is 2.00. The Bertz CT molecular complexity index is 506. The highest BCUT2D eigenvalue weighted by Gasteiger charge is 2.14. The van der Waals surface area contributed by atoms with Crippen molar-refractivity contribution in [2.75, 3.05) is 14.2 Å². The molecule has 0 fully saturated rings. The summed E-state index contributed by atoms with van der Waals surface area (Å²) in [5.41, 5.74) is 0.797. The quantitative estimate of drug-likeness (QED) is 0.672. The van der Waals surface area contributed by atoms with Gasteiger partial charge in [-0.05, 0) is 12.1 Å². The van der Waals surface area contributed by atoms with Crippen LogP contribution in [0.4, 0.5) is 0 Å². The Labute approximate surface area is 85.4 Å². The van der Waals surface area contributed by atoms with Crippen molar-refractivity contribution < 1.29 is 14.3 Å². The van der Waals surface area contributed by atoms with Gasteiger partial charge < -0.3 is 9.47 Å². The Hall–Kier alpha value is -2.11. The molecule has 78 valence electrons. The van der Waals surface area contributed by atoms with E-state index in [4.69, 9.17) is 4.74 Å². The van der Waals surface area contributed by atoms with E-state index >= 15 is 0 Å². The third kappa shape index (κ3) is 1.39. The van der Waals surface area contributed by atoms with E-state index in [1.165, 1.54) is 25.1 Å². The molecule has 0 aliphatic carbocycles. The Morgan fingerprint density at radius 2 is 2.20 bits per heavy atom. The largest absolute Gasteiger partial charge is 0.493 e. The molecule has 6 nitrogen and oxygen atoms in total. The van der Waals surface area contributed by atoms with Crippen LogP contribution >= 0.6 is 0 Å². The number of carbonyl (C=O) groups is 1. The van der Waals surface area contributed by atoms with E-state index in [1.807, 2.05) is 0 Å². The van der Waals surface area contributed by atoms with Gasteiger partial charge >= 0.3 is 5.97 Å². The maximum absolute atomic E-state index is 11.4. The topological polar surface area (TPSA) is 65.7 Å². The number of hydrogen-bond donors (Lipinski definition) is 0. The number of nitrogens with zero attached hydrogens (tertiary/aromatic N) is 3. The molecule has 0 spiro atoms. The fourth-order valence-electron chi connectivity index (χ4n) is 1.30. The second kappa shape index (κ2) is 3.56. The first-order valence-electron chi connectivity index (χ1n) is 4.23. The molecule has 0 unspecified atom stereocenters. The molecule has 2 aromatic rings. The molecule has 0 amide bonds. The van der Waals surface area contributed by atoms with Gasteiger partial charge in [-0.1, -0.05) is 0 Å². The minimum absolute atomic E-state index is 0.311. The van der Waals surface area contributed by atoms with Gasteiger partial charge in [0.25, 0.3) is 0 Å². The molecule has 2 heterocycles. The zero-order valence-electron chi connectivity index (χ0n) is 8.30. The normalized spacial score (nSPS) is 10.3. The number of esters is 1. The van der Waals surface area contributed by atoms with Crippen molar-refractivity contribution in [3.8, 4) is 5.75 Å². The molecule has 0 radical (unpaired) electrons. The number of aromatic nitrogens is 3. The number of fused-ring (bicyclic) bond motifs is 1. The van der Waals surface area contributed by atoms with E-state index in [-0.39, 0.29) is 0 Å². The average molecular weight is 207 g/mol. The molecule has 0 atom stereocenters. The van der Waals surface area contributed by atoms with Crippen LogP contribution in [0.2, 0.25) is 0 Å². The molecule has 0 saturated heterocycles. The molecule has 0 aliphatic rings. The molecule has 2 rings (SSSR count). The zero-order chi connectivity index (χ0) is 10.8. The second-order valence-electron chi connectivity index (χ2n) is 2.77. The fourth-order valence-corrected chi connectivity index (χ4v) is 1.30. The molecule has 0 bridgehead atoms. The lowest BCUT2D eigenvalue weighted by atomic mass is 10.3. The van der Waals surface area contributed by atoms with Gasteiger partial charge in [0.1, 0.15) is 6.33 Å². The first-order valence-corrected chi connectivity index (χ1v) is 4.23. The lowest BCUT2D eigenvalue weighted by Gasteiger charge is -2.04. The van der Waals surface area contributed by atoms with Gasteiger partial charge in [0.05, 0.1) is 14.2 Å². The minimum atomic E-state index is -0.465. The van der Waals surface area contributed by atoms with E-state index in [2.05, 4.69) is 14.8 Å². The third-order valence-corrected chi connectivity index (χ3v) is 2.00. The average Bonchev–Trinajstić information content (AvgIpc) is 2.75. The van der Waals surface area contributed by atoms with Crippen LogP contribution in [0.25, 0.3) is 5.65 Å². The maximum Gasteiger partial charge on any atom is 0.356 e. The lowest BCUT2D eigenvalue weighted by molar-refractivity contribution is 0.0590. The summed E-state index contributed by atoms with van der Waals surface area (Å²) < 4.78 is 11.1. The Morgan fingerprint density at radius 1 is 1.40 bits per heavy atom. The lowest BCUT2D eigenvalue weighted by Crippen LogP contribution is -2.09. The summed E-state index contributed by atoms with van der Waals surface area (Å²) >= 11 is 0. The molecule has 15 heavy (non-hydrogen) atoms. The molecule has 0 aliphatic heterocycles. The van der Waals surface area contributed by atoms with Crippen molar-refractivity contribution in [2.45, 2.75) is 0 Å². The van der Waals surface area contributed by atoms with Gasteiger partial charge in [-0.25, -0.2) is 14.3 Å². The number of pyridine rings is 1. The monoisotopic (exact) mass is 207 g/mol. The van der Waals surface area contributed by atoms with Crippen molar-refractivity contribution in [3.63, 3.8) is 0 Å². The summed E-state index contributed by atoms with van der Waals surface area (Å²) in [5, 5.41) is 3.92. The first-order chi connectivity index (χ1) is 7.27. The predicted octanol–water partition coefficient (Wildman–Crippen LogP) is 0.524. The zero-order valence-corrected chi connectivity index (χ0v) is 8.30. The van der Waals surface area contributed by atoms with Crippen molar-refractivity contribution in [1.82, 2.24) is 14.6 Å². The Kier molecular flexibility index (Phi) is 2.24. The van der Waals surface area contributed by atoms with E-state index < -0.39 is 5.97 Å². The number of carbonyl (C=O) groups excluding carboxylic acids is 1. The van der Waals surface area contributed by atoms with Gasteiger partial charge in [0.15, 0.2) is 17.1 Å². The molecule has 2 aromatic heterocycles. The van der Waals surface area contributed by atoms with Crippen LogP contribution in [0.5, 0.6) is 5.75 Å². The molecular weight excluding hydrogens is 198 g/mol. The van der Waals surface area contributed by atoms with E-state index in [1.54, 1.807) is 12.1 Å². The highest BCUT2D eigenvalue weighted by atomic mass is 16.5. The minimum Gasteiger partial charge on any atom is -0.493 e. The van der Waals surface area contributed by atoms with E-state index in [0.29, 0.717) is 17.1 Å². The predicted molar refractivity (Wildman–Crippen MR) is 50.9 cm³/mol. The number of hydrogen-bond acceptors (Lipinski definition) is 5. The summed E-state index contributed by atoms with van der Waals surface area (Å²) in [4.78, 5) is 15.4. The number of rotatable bonds is 2. The molecule has 0 N–H and O–H groups in total. The van der Waals surface area contributed by atoms with E-state index in [0.717, 1.165) is 0 Å². The van der Waals surface area contributed by atoms with E-state index in [9.17, 15) is 4.79 Å². The first kappa shape index (κ1) is 9.45. The van der Waals surface area contributed by atoms with Crippen molar-refractivity contribution >= 4 is 11.6 Å². The van der Waals surface area contributed by atoms with Gasteiger partial charge in [-0.15, -0.1) is 0 Å². The molecule has 6 heteroatoms. The van der Waals surface area contributed by atoms with Crippen LogP contribution in [0.1, 0.15) is 10.5 Å².